The molecule has 0 saturated carbocycles. The Kier molecular flexibility index (Phi) is 6.27. The highest BCUT2D eigenvalue weighted by atomic mass is 16.5. The topological polar surface area (TPSA) is 43.2 Å². The lowest BCUT2D eigenvalue weighted by Gasteiger charge is -2.45. The van der Waals surface area contributed by atoms with Gasteiger partial charge < -0.3 is 9.64 Å². The second kappa shape index (κ2) is 10.7. The first-order valence-corrected chi connectivity index (χ1v) is 14.7. The Bertz CT molecular complexity index is 2010. The van der Waals surface area contributed by atoms with Crippen LogP contribution in [0, 0.1) is 0 Å². The van der Waals surface area contributed by atoms with E-state index in [1.54, 1.807) is 6.20 Å². The van der Waals surface area contributed by atoms with E-state index in [2.05, 4.69) is 119 Å². The van der Waals surface area contributed by atoms with E-state index in [-0.39, 0.29) is 0 Å². The van der Waals surface area contributed by atoms with Crippen molar-refractivity contribution in [3.63, 3.8) is 0 Å². The number of para-hydroxylation sites is 3. The maximum atomic E-state index is 6.52. The second-order valence-corrected chi connectivity index (χ2v) is 10.7. The van der Waals surface area contributed by atoms with Gasteiger partial charge in [-0.1, -0.05) is 78.9 Å². The normalized spacial score (nSPS) is 13.1. The number of ether oxygens (including phenoxy) is 1. The van der Waals surface area contributed by atoms with Crippen LogP contribution in [0.3, 0.4) is 0 Å². The molecule has 0 N–H and O–H groups in total. The Morgan fingerprint density at radius 1 is 0.523 bits per heavy atom. The molecule has 0 aliphatic carbocycles. The van der Waals surface area contributed by atoms with Gasteiger partial charge in [0.15, 0.2) is 0 Å². The molecule has 3 heterocycles. The zero-order valence-electron chi connectivity index (χ0n) is 23.9. The quantitative estimate of drug-likeness (QED) is 0.201. The van der Waals surface area contributed by atoms with Gasteiger partial charge in [-0.25, -0.2) is 4.68 Å². The smallest absolute Gasteiger partial charge is 0.129 e. The molecule has 8 rings (SSSR count). The van der Waals surface area contributed by atoms with Crippen LogP contribution in [-0.2, 0) is 5.41 Å². The van der Waals surface area contributed by atoms with Crippen LogP contribution < -0.4 is 9.64 Å². The standard InChI is InChI=1S/C39H28N4O/c1-2-14-30(15-3-1)43-36-21-6-4-19-34(36)39(38-23-8-9-24-40-38,35-20-5-7-22-37(35)43)29-13-10-17-32(27-29)44-33-18-11-16-31(28-33)42-26-12-25-41-42/h1-28H. The molecule has 0 unspecified atom stereocenters. The first-order valence-electron chi connectivity index (χ1n) is 14.7. The van der Waals surface area contributed by atoms with Crippen molar-refractivity contribution in [2.75, 3.05) is 4.90 Å². The number of anilines is 3. The number of aromatic nitrogens is 3. The van der Waals surface area contributed by atoms with Crippen molar-refractivity contribution in [1.82, 2.24) is 14.8 Å². The molecular weight excluding hydrogens is 540 g/mol. The van der Waals surface area contributed by atoms with Crippen molar-refractivity contribution >= 4 is 17.1 Å². The van der Waals surface area contributed by atoms with Gasteiger partial charge in [-0.15, -0.1) is 0 Å². The van der Waals surface area contributed by atoms with Gasteiger partial charge in [0.25, 0.3) is 0 Å². The molecule has 0 bridgehead atoms. The van der Waals surface area contributed by atoms with Crippen molar-refractivity contribution in [2.24, 2.45) is 0 Å². The summed E-state index contributed by atoms with van der Waals surface area (Å²) >= 11 is 0. The fourth-order valence-electron chi connectivity index (χ4n) is 6.46. The minimum Gasteiger partial charge on any atom is -0.457 e. The first-order chi connectivity index (χ1) is 21.8. The van der Waals surface area contributed by atoms with E-state index >= 15 is 0 Å². The molecule has 0 saturated heterocycles. The molecule has 0 radical (unpaired) electrons. The van der Waals surface area contributed by atoms with Crippen molar-refractivity contribution in [1.29, 1.82) is 0 Å². The molecule has 7 aromatic rings. The summed E-state index contributed by atoms with van der Waals surface area (Å²) in [5.74, 6) is 1.48. The molecule has 5 heteroatoms. The number of fused-ring (bicyclic) bond motifs is 2. The van der Waals surface area contributed by atoms with E-state index < -0.39 is 5.41 Å². The van der Waals surface area contributed by atoms with Gasteiger partial charge in [-0.2, -0.15) is 5.10 Å². The van der Waals surface area contributed by atoms with Gasteiger partial charge in [-0.05, 0) is 83.4 Å². The summed E-state index contributed by atoms with van der Waals surface area (Å²) in [6.07, 6.45) is 5.58. The minimum atomic E-state index is -0.698. The molecule has 0 atom stereocenters. The second-order valence-electron chi connectivity index (χ2n) is 10.7. The summed E-state index contributed by atoms with van der Waals surface area (Å²) in [5.41, 5.74) is 7.90. The molecule has 2 aromatic heterocycles. The van der Waals surface area contributed by atoms with E-state index in [1.807, 2.05) is 59.5 Å². The minimum absolute atomic E-state index is 0.698. The number of nitrogens with zero attached hydrogens (tertiary/aromatic N) is 4. The molecule has 0 spiro atoms. The summed E-state index contributed by atoms with van der Waals surface area (Å²) in [4.78, 5) is 7.39. The lowest BCUT2D eigenvalue weighted by atomic mass is 9.64. The number of pyridine rings is 1. The number of hydrogen-bond acceptors (Lipinski definition) is 4. The van der Waals surface area contributed by atoms with Crippen LogP contribution >= 0.6 is 0 Å². The van der Waals surface area contributed by atoms with Crippen LogP contribution in [0.1, 0.15) is 22.4 Å². The molecule has 1 aliphatic heterocycles. The molecule has 0 fully saturated rings. The largest absolute Gasteiger partial charge is 0.457 e. The highest BCUT2D eigenvalue weighted by Gasteiger charge is 2.47. The third kappa shape index (κ3) is 4.17. The lowest BCUT2D eigenvalue weighted by molar-refractivity contribution is 0.480. The Hall–Kier alpha value is -5.94. The fourth-order valence-corrected chi connectivity index (χ4v) is 6.46. The molecule has 5 nitrogen and oxygen atoms in total. The van der Waals surface area contributed by atoms with E-state index in [1.165, 1.54) is 0 Å². The molecule has 210 valence electrons. The Balaban J connectivity index is 1.34. The van der Waals surface area contributed by atoms with Gasteiger partial charge >= 0.3 is 0 Å². The maximum absolute atomic E-state index is 6.52. The van der Waals surface area contributed by atoms with Crippen molar-refractivity contribution < 1.29 is 4.74 Å². The summed E-state index contributed by atoms with van der Waals surface area (Å²) in [6.45, 7) is 0. The SMILES string of the molecule is c1ccc(N2c3ccccc3C(c3cccc(Oc4cccc(-n5cccn5)c4)c3)(c3ccccn3)c3ccccc32)cc1. The monoisotopic (exact) mass is 568 g/mol. The van der Waals surface area contributed by atoms with E-state index in [4.69, 9.17) is 9.72 Å². The van der Waals surface area contributed by atoms with Gasteiger partial charge in [-0.3, -0.25) is 4.98 Å². The van der Waals surface area contributed by atoms with Crippen molar-refractivity contribution in [3.8, 4) is 17.2 Å². The Morgan fingerprint density at radius 3 is 1.89 bits per heavy atom. The number of benzene rings is 5. The molecular formula is C39H28N4O. The van der Waals surface area contributed by atoms with Gasteiger partial charge in [0, 0.05) is 30.3 Å². The van der Waals surface area contributed by atoms with Crippen LogP contribution in [0.25, 0.3) is 5.69 Å². The zero-order chi connectivity index (χ0) is 29.3. The highest BCUT2D eigenvalue weighted by molar-refractivity contribution is 5.89. The number of rotatable bonds is 6. The van der Waals surface area contributed by atoms with Crippen LogP contribution in [0.5, 0.6) is 11.5 Å². The number of hydrogen-bond donors (Lipinski definition) is 0. The molecule has 0 amide bonds. The van der Waals surface area contributed by atoms with Crippen LogP contribution in [0.2, 0.25) is 0 Å². The summed E-state index contributed by atoms with van der Waals surface area (Å²) in [5, 5.41) is 4.37. The van der Waals surface area contributed by atoms with Crippen molar-refractivity contribution in [3.05, 3.63) is 193 Å². The average molecular weight is 569 g/mol. The predicted molar refractivity (Wildman–Crippen MR) is 174 cm³/mol. The third-order valence-corrected chi connectivity index (χ3v) is 8.25. The van der Waals surface area contributed by atoms with E-state index in [0.717, 1.165) is 56.6 Å². The maximum Gasteiger partial charge on any atom is 0.129 e. The lowest BCUT2D eigenvalue weighted by Crippen LogP contribution is -2.38. The van der Waals surface area contributed by atoms with Crippen LogP contribution in [-0.4, -0.2) is 14.8 Å². The molecule has 5 aromatic carbocycles. The molecule has 1 aliphatic rings. The Morgan fingerprint density at radius 2 is 1.18 bits per heavy atom. The van der Waals surface area contributed by atoms with E-state index in [0.29, 0.717) is 0 Å². The predicted octanol–water partition coefficient (Wildman–Crippen LogP) is 9.23. The van der Waals surface area contributed by atoms with E-state index in [9.17, 15) is 0 Å². The van der Waals surface area contributed by atoms with Gasteiger partial charge in [0.1, 0.15) is 11.5 Å². The highest BCUT2D eigenvalue weighted by Crippen LogP contribution is 2.57. The van der Waals surface area contributed by atoms with Crippen LogP contribution in [0.15, 0.2) is 170 Å². The third-order valence-electron chi connectivity index (χ3n) is 8.25. The zero-order valence-corrected chi connectivity index (χ0v) is 23.9. The summed E-state index contributed by atoms with van der Waals surface area (Å²) < 4.78 is 8.35. The summed E-state index contributed by atoms with van der Waals surface area (Å²) in [7, 11) is 0. The fraction of sp³-hybridized carbons (Fsp3) is 0.0256. The molecule has 44 heavy (non-hydrogen) atoms. The van der Waals surface area contributed by atoms with Gasteiger partial charge in [0.05, 0.1) is 28.2 Å². The van der Waals surface area contributed by atoms with Crippen LogP contribution in [0.4, 0.5) is 17.1 Å². The van der Waals surface area contributed by atoms with Crippen molar-refractivity contribution in [2.45, 2.75) is 5.41 Å². The Labute approximate surface area is 256 Å². The average Bonchev–Trinajstić information content (AvgIpc) is 3.64. The summed E-state index contributed by atoms with van der Waals surface area (Å²) in [6, 6.07) is 52.4. The first kappa shape index (κ1) is 25.7. The van der Waals surface area contributed by atoms with Gasteiger partial charge in [0.2, 0.25) is 0 Å².